The summed E-state index contributed by atoms with van der Waals surface area (Å²) in [6.45, 7) is 5.21. The van der Waals surface area contributed by atoms with Gasteiger partial charge in [0.25, 0.3) is 0 Å². The van der Waals surface area contributed by atoms with Gasteiger partial charge >= 0.3 is 12.1 Å². The first-order chi connectivity index (χ1) is 10.6. The van der Waals surface area contributed by atoms with Crippen molar-refractivity contribution < 1.29 is 27.5 Å². The van der Waals surface area contributed by atoms with Crippen molar-refractivity contribution in [1.82, 2.24) is 14.8 Å². The number of nitrogens with zero attached hydrogens (tertiary/aromatic N) is 3. The van der Waals surface area contributed by atoms with Gasteiger partial charge in [0.15, 0.2) is 5.89 Å². The lowest BCUT2D eigenvalue weighted by Crippen LogP contribution is -2.21. The molecule has 2 aromatic rings. The van der Waals surface area contributed by atoms with E-state index in [4.69, 9.17) is 20.1 Å². The normalized spacial score (nSPS) is 11.3. The molecular formula is C13H17F3N4O3. The lowest BCUT2D eigenvalue weighted by atomic mass is 10.2. The van der Waals surface area contributed by atoms with E-state index in [1.54, 1.807) is 17.1 Å². The molecule has 0 amide bonds. The fraction of sp³-hybridized carbons (Fsp3) is 0.462. The molecule has 128 valence electrons. The van der Waals surface area contributed by atoms with Crippen LogP contribution in [0.3, 0.4) is 0 Å². The van der Waals surface area contributed by atoms with Gasteiger partial charge in [0.1, 0.15) is 12.3 Å². The number of nitrogens with two attached hydrogens (primary N) is 1. The summed E-state index contributed by atoms with van der Waals surface area (Å²) in [6, 6.07) is 0. The molecule has 3 N–H and O–H groups in total. The zero-order valence-electron chi connectivity index (χ0n) is 12.5. The number of aliphatic carboxylic acids is 1. The number of halogens is 3. The highest BCUT2D eigenvalue weighted by atomic mass is 19.4. The summed E-state index contributed by atoms with van der Waals surface area (Å²) < 4.78 is 39.1. The van der Waals surface area contributed by atoms with Crippen LogP contribution in [0.5, 0.6) is 0 Å². The van der Waals surface area contributed by atoms with Crippen LogP contribution in [0.15, 0.2) is 23.0 Å². The molecule has 0 atom stereocenters. The van der Waals surface area contributed by atoms with Gasteiger partial charge in [0.2, 0.25) is 0 Å². The van der Waals surface area contributed by atoms with E-state index < -0.39 is 12.1 Å². The average Bonchev–Trinajstić information content (AvgIpc) is 3.08. The lowest BCUT2D eigenvalue weighted by Gasteiger charge is -1.98. The van der Waals surface area contributed by atoms with Crippen LogP contribution in [0.4, 0.5) is 13.2 Å². The van der Waals surface area contributed by atoms with E-state index in [9.17, 15) is 13.2 Å². The van der Waals surface area contributed by atoms with Gasteiger partial charge in [-0.05, 0) is 0 Å². The van der Waals surface area contributed by atoms with E-state index in [0.717, 1.165) is 17.2 Å². The second-order valence-electron chi connectivity index (χ2n) is 4.87. The van der Waals surface area contributed by atoms with Crippen LogP contribution in [0.2, 0.25) is 0 Å². The van der Waals surface area contributed by atoms with Gasteiger partial charge in [0.05, 0.1) is 12.4 Å². The quantitative estimate of drug-likeness (QED) is 0.887. The van der Waals surface area contributed by atoms with Crippen LogP contribution in [-0.2, 0) is 17.9 Å². The second-order valence-corrected chi connectivity index (χ2v) is 4.87. The van der Waals surface area contributed by atoms with E-state index in [1.807, 2.05) is 6.20 Å². The molecule has 7 nitrogen and oxygen atoms in total. The molecule has 0 spiro atoms. The third-order valence-electron chi connectivity index (χ3n) is 2.55. The van der Waals surface area contributed by atoms with Crippen molar-refractivity contribution in [1.29, 1.82) is 0 Å². The first kappa shape index (κ1) is 18.7. The first-order valence-corrected chi connectivity index (χ1v) is 6.59. The summed E-state index contributed by atoms with van der Waals surface area (Å²) in [4.78, 5) is 13.1. The molecule has 0 fully saturated rings. The molecular weight excluding hydrogens is 317 g/mol. The molecule has 0 bridgehead atoms. The summed E-state index contributed by atoms with van der Waals surface area (Å²) in [6.07, 6.45) is 0.344. The standard InChI is InChI=1S/C11H16N4O.C2HF3O2/c1-8(2)11-13-5-10(16-11)7-15-6-9(3-12)4-14-15;3-2(4,5)1(6)7/h4-6,8H,3,7,12H2,1-2H3;(H,6,7). The topological polar surface area (TPSA) is 107 Å². The van der Waals surface area contributed by atoms with Crippen molar-refractivity contribution in [3.05, 3.63) is 35.8 Å². The Morgan fingerprint density at radius 1 is 1.43 bits per heavy atom. The molecule has 0 aromatic carbocycles. The molecule has 0 aliphatic heterocycles. The Morgan fingerprint density at radius 2 is 2.04 bits per heavy atom. The zero-order chi connectivity index (χ0) is 17.6. The number of carboxylic acid groups (broad SMARTS) is 1. The summed E-state index contributed by atoms with van der Waals surface area (Å²) in [5.41, 5.74) is 6.53. The summed E-state index contributed by atoms with van der Waals surface area (Å²) in [7, 11) is 0. The van der Waals surface area contributed by atoms with Crippen molar-refractivity contribution >= 4 is 5.97 Å². The number of hydrogen-bond acceptors (Lipinski definition) is 5. The third kappa shape index (κ3) is 6.10. The smallest absolute Gasteiger partial charge is 0.475 e. The minimum absolute atomic E-state index is 0.311. The average molecular weight is 334 g/mol. The van der Waals surface area contributed by atoms with Gasteiger partial charge in [-0.1, -0.05) is 13.8 Å². The van der Waals surface area contributed by atoms with Crippen molar-refractivity contribution in [3.8, 4) is 0 Å². The van der Waals surface area contributed by atoms with Crippen LogP contribution < -0.4 is 5.73 Å². The monoisotopic (exact) mass is 334 g/mol. The Hall–Kier alpha value is -2.36. The SMILES string of the molecule is CC(C)c1ncc(Cn2cc(CN)cn2)o1.O=C(O)C(F)(F)F. The number of rotatable bonds is 4. The van der Waals surface area contributed by atoms with Crippen LogP contribution in [-0.4, -0.2) is 32.0 Å². The Kier molecular flexibility index (Phi) is 6.31. The van der Waals surface area contributed by atoms with E-state index in [1.165, 1.54) is 0 Å². The van der Waals surface area contributed by atoms with E-state index in [0.29, 0.717) is 19.0 Å². The molecule has 0 aliphatic rings. The van der Waals surface area contributed by atoms with Crippen LogP contribution >= 0.6 is 0 Å². The number of carboxylic acids is 1. The van der Waals surface area contributed by atoms with E-state index in [2.05, 4.69) is 23.9 Å². The van der Waals surface area contributed by atoms with Gasteiger partial charge in [-0.25, -0.2) is 9.78 Å². The number of hydrogen-bond donors (Lipinski definition) is 2. The molecule has 2 rings (SSSR count). The molecule has 0 unspecified atom stereocenters. The Labute approximate surface area is 129 Å². The highest BCUT2D eigenvalue weighted by Crippen LogP contribution is 2.15. The van der Waals surface area contributed by atoms with Gasteiger partial charge in [-0.3, -0.25) is 4.68 Å². The second kappa shape index (κ2) is 7.77. The summed E-state index contributed by atoms with van der Waals surface area (Å²) >= 11 is 0. The lowest BCUT2D eigenvalue weighted by molar-refractivity contribution is -0.192. The van der Waals surface area contributed by atoms with Crippen molar-refractivity contribution in [3.63, 3.8) is 0 Å². The van der Waals surface area contributed by atoms with Crippen molar-refractivity contribution in [2.75, 3.05) is 0 Å². The van der Waals surface area contributed by atoms with E-state index in [-0.39, 0.29) is 0 Å². The van der Waals surface area contributed by atoms with Crippen molar-refractivity contribution in [2.24, 2.45) is 5.73 Å². The van der Waals surface area contributed by atoms with Gasteiger partial charge in [-0.2, -0.15) is 18.3 Å². The van der Waals surface area contributed by atoms with Gasteiger partial charge in [0, 0.05) is 24.2 Å². The van der Waals surface area contributed by atoms with Crippen molar-refractivity contribution in [2.45, 2.75) is 39.0 Å². The predicted molar refractivity (Wildman–Crippen MR) is 73.5 cm³/mol. The number of oxazole rings is 1. The molecule has 0 saturated carbocycles. The number of carbonyl (C=O) groups is 1. The highest BCUT2D eigenvalue weighted by molar-refractivity contribution is 5.73. The molecule has 23 heavy (non-hydrogen) atoms. The Bertz CT molecular complexity index is 634. The van der Waals surface area contributed by atoms with Gasteiger partial charge < -0.3 is 15.3 Å². The summed E-state index contributed by atoms with van der Waals surface area (Å²) in [5, 5.41) is 11.3. The first-order valence-electron chi connectivity index (χ1n) is 6.59. The van der Waals surface area contributed by atoms with Gasteiger partial charge in [-0.15, -0.1) is 0 Å². The summed E-state index contributed by atoms with van der Waals surface area (Å²) in [5.74, 6) is -0.866. The van der Waals surface area contributed by atoms with Crippen LogP contribution in [0.1, 0.15) is 37.0 Å². The molecule has 0 aliphatic carbocycles. The Balaban J connectivity index is 0.000000322. The van der Waals surface area contributed by atoms with Crippen LogP contribution in [0.25, 0.3) is 0 Å². The Morgan fingerprint density at radius 3 is 2.43 bits per heavy atom. The minimum atomic E-state index is -5.08. The fourth-order valence-corrected chi connectivity index (χ4v) is 1.42. The maximum Gasteiger partial charge on any atom is 0.490 e. The fourth-order valence-electron chi connectivity index (χ4n) is 1.42. The van der Waals surface area contributed by atoms with Crippen LogP contribution in [0, 0.1) is 0 Å². The molecule has 0 saturated heterocycles. The number of aromatic nitrogens is 3. The largest absolute Gasteiger partial charge is 0.490 e. The molecule has 0 radical (unpaired) electrons. The zero-order valence-corrected chi connectivity index (χ0v) is 12.5. The minimum Gasteiger partial charge on any atom is -0.475 e. The molecule has 2 aromatic heterocycles. The van der Waals surface area contributed by atoms with E-state index >= 15 is 0 Å². The molecule has 10 heteroatoms. The molecule has 2 heterocycles. The maximum atomic E-state index is 10.6. The maximum absolute atomic E-state index is 10.6. The predicted octanol–water partition coefficient (Wildman–Crippen LogP) is 2.13. The highest BCUT2D eigenvalue weighted by Gasteiger charge is 2.38. The number of alkyl halides is 3. The third-order valence-corrected chi connectivity index (χ3v) is 2.55.